The average Bonchev–Trinajstić information content (AvgIpc) is 3.21. The highest BCUT2D eigenvalue weighted by molar-refractivity contribution is 5.95. The molecule has 0 fully saturated rings. The molecule has 1 heterocycles. The molecule has 8 N–H and O–H groups in total. The van der Waals surface area contributed by atoms with Crippen LogP contribution in [0.2, 0.25) is 0 Å². The molecule has 35 heavy (non-hydrogen) atoms. The first kappa shape index (κ1) is 27.8. The van der Waals surface area contributed by atoms with Crippen LogP contribution in [0.3, 0.4) is 0 Å². The minimum atomic E-state index is -1.34. The van der Waals surface area contributed by atoms with Crippen LogP contribution >= 0.6 is 0 Å². The number of benzene rings is 1. The minimum Gasteiger partial charge on any atom is -0.480 e. The fourth-order valence-corrected chi connectivity index (χ4v) is 3.53. The molecule has 1 aromatic carbocycles. The number of aromatic amines is 1. The van der Waals surface area contributed by atoms with Gasteiger partial charge in [0.1, 0.15) is 18.1 Å². The van der Waals surface area contributed by atoms with Crippen LogP contribution in [0.15, 0.2) is 30.5 Å². The van der Waals surface area contributed by atoms with Gasteiger partial charge in [0.25, 0.3) is 0 Å². The third kappa shape index (κ3) is 7.27. The van der Waals surface area contributed by atoms with Gasteiger partial charge in [0.15, 0.2) is 0 Å². The van der Waals surface area contributed by atoms with Gasteiger partial charge >= 0.3 is 5.97 Å². The average molecular weight is 490 g/mol. The van der Waals surface area contributed by atoms with Gasteiger partial charge in [-0.1, -0.05) is 45.9 Å². The van der Waals surface area contributed by atoms with Crippen LogP contribution in [0.5, 0.6) is 0 Å². The minimum absolute atomic E-state index is 0.0453. The lowest BCUT2D eigenvalue weighted by Gasteiger charge is -2.25. The molecule has 3 amide bonds. The van der Waals surface area contributed by atoms with E-state index in [0.717, 1.165) is 16.5 Å². The maximum atomic E-state index is 13.1. The van der Waals surface area contributed by atoms with Crippen molar-refractivity contribution in [2.45, 2.75) is 58.3 Å². The van der Waals surface area contributed by atoms with Crippen molar-refractivity contribution in [1.29, 1.82) is 0 Å². The number of aliphatic carboxylic acids is 1. The number of carboxylic acid groups (broad SMARTS) is 1. The number of para-hydroxylation sites is 1. The maximum absolute atomic E-state index is 13.1. The van der Waals surface area contributed by atoms with E-state index in [2.05, 4.69) is 20.9 Å². The Balaban J connectivity index is 2.28. The van der Waals surface area contributed by atoms with Crippen LogP contribution < -0.4 is 21.7 Å². The molecular weight excluding hydrogens is 454 g/mol. The summed E-state index contributed by atoms with van der Waals surface area (Å²) in [5.74, 6) is -3.91. The molecule has 2 rings (SSSR count). The van der Waals surface area contributed by atoms with Crippen molar-refractivity contribution in [3.63, 3.8) is 0 Å². The number of rotatable bonds is 12. The molecule has 192 valence electrons. The normalized spacial score (nSPS) is 14.9. The highest BCUT2D eigenvalue weighted by Gasteiger charge is 2.32. The van der Waals surface area contributed by atoms with E-state index in [-0.39, 0.29) is 12.3 Å². The third-order valence-electron chi connectivity index (χ3n) is 5.80. The Morgan fingerprint density at radius 2 is 1.51 bits per heavy atom. The molecule has 0 spiro atoms. The molecule has 0 aliphatic heterocycles. The van der Waals surface area contributed by atoms with E-state index in [1.165, 1.54) is 0 Å². The number of aliphatic hydroxyl groups is 1. The summed E-state index contributed by atoms with van der Waals surface area (Å²) in [5.41, 5.74) is 7.38. The van der Waals surface area contributed by atoms with Gasteiger partial charge in [-0.15, -0.1) is 0 Å². The van der Waals surface area contributed by atoms with Gasteiger partial charge < -0.3 is 36.9 Å². The third-order valence-corrected chi connectivity index (χ3v) is 5.80. The van der Waals surface area contributed by atoms with Crippen LogP contribution in [-0.2, 0) is 25.6 Å². The maximum Gasteiger partial charge on any atom is 0.326 e. The summed E-state index contributed by atoms with van der Waals surface area (Å²) in [4.78, 5) is 53.1. The molecule has 4 atom stereocenters. The number of nitrogens with one attached hydrogen (secondary N) is 4. The first-order valence-electron chi connectivity index (χ1n) is 11.5. The molecule has 0 aliphatic carbocycles. The Kier molecular flexibility index (Phi) is 9.78. The van der Waals surface area contributed by atoms with Crippen molar-refractivity contribution < 1.29 is 29.4 Å². The Bertz CT molecular complexity index is 1050. The van der Waals surface area contributed by atoms with Crippen molar-refractivity contribution in [2.75, 3.05) is 6.61 Å². The van der Waals surface area contributed by atoms with E-state index in [9.17, 15) is 29.4 Å². The lowest BCUT2D eigenvalue weighted by molar-refractivity contribution is -0.143. The smallest absolute Gasteiger partial charge is 0.326 e. The summed E-state index contributed by atoms with van der Waals surface area (Å²) in [7, 11) is 0. The fourth-order valence-electron chi connectivity index (χ4n) is 3.53. The molecule has 0 saturated carbocycles. The van der Waals surface area contributed by atoms with Gasteiger partial charge in [0, 0.05) is 23.5 Å². The summed E-state index contributed by atoms with van der Waals surface area (Å²) >= 11 is 0. The van der Waals surface area contributed by atoms with Gasteiger partial charge in [-0.3, -0.25) is 14.4 Å². The Morgan fingerprint density at radius 1 is 0.914 bits per heavy atom. The number of carbonyl (C=O) groups is 4. The number of carbonyl (C=O) groups excluding carboxylic acids is 3. The summed E-state index contributed by atoms with van der Waals surface area (Å²) in [6.45, 7) is 6.08. The topological polar surface area (TPSA) is 187 Å². The zero-order valence-corrected chi connectivity index (χ0v) is 20.4. The monoisotopic (exact) mass is 489 g/mol. The van der Waals surface area contributed by atoms with Gasteiger partial charge in [-0.2, -0.15) is 0 Å². The van der Waals surface area contributed by atoms with Gasteiger partial charge in [-0.05, 0) is 23.5 Å². The van der Waals surface area contributed by atoms with Crippen molar-refractivity contribution in [3.05, 3.63) is 36.0 Å². The summed E-state index contributed by atoms with van der Waals surface area (Å²) in [5, 5.41) is 27.5. The molecule has 4 unspecified atom stereocenters. The number of aromatic nitrogens is 1. The number of hydrogen-bond acceptors (Lipinski definition) is 6. The quantitative estimate of drug-likeness (QED) is 0.216. The second kappa shape index (κ2) is 12.3. The van der Waals surface area contributed by atoms with Gasteiger partial charge in [-0.25, -0.2) is 4.79 Å². The number of fused-ring (bicyclic) bond motifs is 1. The lowest BCUT2D eigenvalue weighted by atomic mass is 10.0. The highest BCUT2D eigenvalue weighted by atomic mass is 16.4. The van der Waals surface area contributed by atoms with Gasteiger partial charge in [0.05, 0.1) is 12.6 Å². The van der Waals surface area contributed by atoms with Crippen LogP contribution in [0.4, 0.5) is 0 Å². The molecule has 0 aliphatic rings. The lowest BCUT2D eigenvalue weighted by Crippen LogP contribution is -2.59. The van der Waals surface area contributed by atoms with E-state index in [1.54, 1.807) is 33.9 Å². The molecular formula is C24H35N5O6. The van der Waals surface area contributed by atoms with Crippen molar-refractivity contribution in [1.82, 2.24) is 20.9 Å². The SMILES string of the molecule is CC(C)C(N)C(=O)NC(CO)C(=O)NC(Cc1c[nH]c2ccccc12)C(=O)NC(C(=O)O)C(C)C. The van der Waals surface area contributed by atoms with Crippen molar-refractivity contribution >= 4 is 34.6 Å². The molecule has 11 heteroatoms. The first-order chi connectivity index (χ1) is 16.5. The number of amides is 3. The van der Waals surface area contributed by atoms with Crippen molar-refractivity contribution in [2.24, 2.45) is 17.6 Å². The van der Waals surface area contributed by atoms with Crippen LogP contribution in [0, 0.1) is 11.8 Å². The van der Waals surface area contributed by atoms with Crippen LogP contribution in [-0.4, -0.2) is 69.7 Å². The number of aliphatic hydroxyl groups excluding tert-OH is 1. The van der Waals surface area contributed by atoms with E-state index < -0.39 is 60.4 Å². The van der Waals surface area contributed by atoms with Crippen LogP contribution in [0.1, 0.15) is 33.3 Å². The Morgan fingerprint density at radius 3 is 2.09 bits per heavy atom. The summed E-state index contributed by atoms with van der Waals surface area (Å²) in [6.07, 6.45) is 1.75. The fraction of sp³-hybridized carbons (Fsp3) is 0.500. The standard InChI is InChI=1S/C24H35N5O6/c1-12(2)19(25)23(33)28-18(11-30)22(32)27-17(21(31)29-20(13(3)4)24(34)35)9-14-10-26-16-8-6-5-7-15(14)16/h5-8,10,12-13,17-20,26,30H,9,11,25H2,1-4H3,(H,27,32)(H,28,33)(H,29,31)(H,34,35). The first-order valence-corrected chi connectivity index (χ1v) is 11.5. The number of hydrogen-bond donors (Lipinski definition) is 7. The molecule has 2 aromatic rings. The predicted molar refractivity (Wildman–Crippen MR) is 130 cm³/mol. The molecule has 0 radical (unpaired) electrons. The number of nitrogens with two attached hydrogens (primary N) is 1. The highest BCUT2D eigenvalue weighted by Crippen LogP contribution is 2.19. The zero-order valence-electron chi connectivity index (χ0n) is 20.4. The molecule has 11 nitrogen and oxygen atoms in total. The summed E-state index contributed by atoms with van der Waals surface area (Å²) < 4.78 is 0. The molecule has 0 bridgehead atoms. The Labute approximate surface area is 203 Å². The van der Waals surface area contributed by atoms with Gasteiger partial charge in [0.2, 0.25) is 17.7 Å². The number of carboxylic acids is 1. The van der Waals surface area contributed by atoms with E-state index in [0.29, 0.717) is 0 Å². The largest absolute Gasteiger partial charge is 0.480 e. The van der Waals surface area contributed by atoms with E-state index in [4.69, 9.17) is 5.73 Å². The molecule has 1 aromatic heterocycles. The van der Waals surface area contributed by atoms with Crippen LogP contribution in [0.25, 0.3) is 10.9 Å². The van der Waals surface area contributed by atoms with Crippen molar-refractivity contribution in [3.8, 4) is 0 Å². The summed E-state index contributed by atoms with van der Waals surface area (Å²) in [6, 6.07) is 2.84. The Hall–Kier alpha value is -3.44. The molecule has 0 saturated heterocycles. The number of H-pyrrole nitrogens is 1. The van der Waals surface area contributed by atoms with E-state index >= 15 is 0 Å². The second-order valence-electron chi connectivity index (χ2n) is 9.21. The second-order valence-corrected chi connectivity index (χ2v) is 9.21. The van der Waals surface area contributed by atoms with E-state index in [1.807, 2.05) is 24.3 Å². The predicted octanol–water partition coefficient (Wildman–Crippen LogP) is -0.119. The zero-order chi connectivity index (χ0) is 26.3.